The Morgan fingerprint density at radius 1 is 1.00 bits per heavy atom. The van der Waals surface area contributed by atoms with Gasteiger partial charge in [0.2, 0.25) is 0 Å². The van der Waals surface area contributed by atoms with Crippen LogP contribution in [0.3, 0.4) is 0 Å². The van der Waals surface area contributed by atoms with Gasteiger partial charge in [-0.1, -0.05) is 6.42 Å². The summed E-state index contributed by atoms with van der Waals surface area (Å²) in [5, 5.41) is -0.273. The molecule has 0 spiro atoms. The third kappa shape index (κ3) is 2.64. The number of hydrogen-bond acceptors (Lipinski definition) is 2. The predicted octanol–water partition coefficient (Wildman–Crippen LogP) is 2.64. The summed E-state index contributed by atoms with van der Waals surface area (Å²) in [7, 11) is 0. The Bertz CT molecular complexity index is 229. The number of halogens is 1. The van der Waals surface area contributed by atoms with E-state index in [9.17, 15) is 4.79 Å². The molecule has 2 fully saturated rings. The fourth-order valence-electron chi connectivity index (χ4n) is 2.72. The first kappa shape index (κ1) is 11.2. The molecule has 0 saturated carbocycles. The Hall–Kier alpha value is -0.280. The summed E-state index contributed by atoms with van der Waals surface area (Å²) in [5.74, 6) is 0. The first-order valence-electron chi connectivity index (χ1n) is 5.99. The van der Waals surface area contributed by atoms with Crippen molar-refractivity contribution in [3.63, 3.8) is 0 Å². The number of nitrogens with zero attached hydrogens (tertiary/aromatic N) is 2. The molecule has 2 saturated heterocycles. The van der Waals surface area contributed by atoms with Gasteiger partial charge in [-0.3, -0.25) is 9.69 Å². The van der Waals surface area contributed by atoms with E-state index in [1.807, 2.05) is 4.90 Å². The molecule has 0 aliphatic carbocycles. The van der Waals surface area contributed by atoms with Crippen molar-refractivity contribution in [1.29, 1.82) is 0 Å². The normalized spacial score (nSPS) is 29.1. The maximum atomic E-state index is 11.3. The lowest BCUT2D eigenvalue weighted by Crippen LogP contribution is -2.53. The number of rotatable bonds is 1. The first-order chi connectivity index (χ1) is 7.29. The summed E-state index contributed by atoms with van der Waals surface area (Å²) in [6, 6.07) is 0. The summed E-state index contributed by atoms with van der Waals surface area (Å²) in [6.45, 7) is 3.10. The summed E-state index contributed by atoms with van der Waals surface area (Å²) in [5.41, 5.74) is 0. The Labute approximate surface area is 96.4 Å². The lowest BCUT2D eigenvalue weighted by molar-refractivity contribution is 0.0344. The molecule has 15 heavy (non-hydrogen) atoms. The standard InChI is InChI=1S/C11H19ClN2O/c12-11(15)14-9-5-2-6-10(14)13-7-3-1-4-8-13/h10H,1-9H2. The van der Waals surface area contributed by atoms with Gasteiger partial charge in [0.1, 0.15) is 0 Å². The highest BCUT2D eigenvalue weighted by Crippen LogP contribution is 2.24. The van der Waals surface area contributed by atoms with Crippen molar-refractivity contribution in [1.82, 2.24) is 9.80 Å². The molecule has 86 valence electrons. The lowest BCUT2D eigenvalue weighted by Gasteiger charge is -2.43. The number of hydrogen-bond donors (Lipinski definition) is 0. The molecule has 4 heteroatoms. The molecular formula is C11H19ClN2O. The second-order valence-corrected chi connectivity index (χ2v) is 4.84. The number of piperidine rings is 2. The molecule has 2 aliphatic rings. The lowest BCUT2D eigenvalue weighted by atomic mass is 10.0. The highest BCUT2D eigenvalue weighted by molar-refractivity contribution is 6.62. The van der Waals surface area contributed by atoms with E-state index in [2.05, 4.69) is 4.90 Å². The quantitative estimate of drug-likeness (QED) is 0.511. The van der Waals surface area contributed by atoms with Crippen LogP contribution in [0.2, 0.25) is 0 Å². The molecule has 1 unspecified atom stereocenters. The minimum atomic E-state index is -0.273. The van der Waals surface area contributed by atoms with Crippen molar-refractivity contribution in [2.24, 2.45) is 0 Å². The average Bonchev–Trinajstić information content (AvgIpc) is 2.30. The zero-order valence-electron chi connectivity index (χ0n) is 9.12. The van der Waals surface area contributed by atoms with Crippen LogP contribution in [0.1, 0.15) is 38.5 Å². The number of amides is 1. The van der Waals surface area contributed by atoms with E-state index < -0.39 is 0 Å². The third-order valence-corrected chi connectivity index (χ3v) is 3.73. The zero-order valence-corrected chi connectivity index (χ0v) is 9.88. The van der Waals surface area contributed by atoms with Crippen LogP contribution in [0.25, 0.3) is 0 Å². The molecule has 2 rings (SSSR count). The Morgan fingerprint density at radius 2 is 1.67 bits per heavy atom. The number of carbonyl (C=O) groups excluding carboxylic acids is 1. The summed E-state index contributed by atoms with van der Waals surface area (Å²) in [4.78, 5) is 15.6. The molecule has 0 bridgehead atoms. The molecule has 2 aliphatic heterocycles. The van der Waals surface area contributed by atoms with Crippen molar-refractivity contribution in [2.45, 2.75) is 44.7 Å². The van der Waals surface area contributed by atoms with Crippen molar-refractivity contribution in [2.75, 3.05) is 19.6 Å². The smallest absolute Gasteiger partial charge is 0.313 e. The second-order valence-electron chi connectivity index (χ2n) is 4.52. The minimum absolute atomic E-state index is 0.273. The maximum absolute atomic E-state index is 11.3. The van der Waals surface area contributed by atoms with Crippen molar-refractivity contribution < 1.29 is 4.79 Å². The van der Waals surface area contributed by atoms with Gasteiger partial charge in [0, 0.05) is 19.6 Å². The Balaban J connectivity index is 1.99. The highest BCUT2D eigenvalue weighted by Gasteiger charge is 2.30. The molecule has 1 amide bonds. The molecule has 0 aromatic rings. The topological polar surface area (TPSA) is 23.6 Å². The summed E-state index contributed by atoms with van der Waals surface area (Å²) >= 11 is 5.63. The Kier molecular flexibility index (Phi) is 3.87. The van der Waals surface area contributed by atoms with Crippen LogP contribution in [-0.4, -0.2) is 41.0 Å². The van der Waals surface area contributed by atoms with Crippen molar-refractivity contribution in [3.05, 3.63) is 0 Å². The van der Waals surface area contributed by atoms with E-state index in [0.29, 0.717) is 0 Å². The zero-order chi connectivity index (χ0) is 10.7. The molecule has 0 aromatic heterocycles. The molecule has 2 heterocycles. The van der Waals surface area contributed by atoms with Crippen LogP contribution in [0.5, 0.6) is 0 Å². The number of carbonyl (C=O) groups is 1. The molecular weight excluding hydrogens is 212 g/mol. The van der Waals surface area contributed by atoms with Gasteiger partial charge in [0.25, 0.3) is 0 Å². The van der Waals surface area contributed by atoms with Gasteiger partial charge < -0.3 is 4.90 Å². The van der Waals surface area contributed by atoms with Crippen molar-refractivity contribution >= 4 is 17.0 Å². The first-order valence-corrected chi connectivity index (χ1v) is 6.37. The minimum Gasteiger partial charge on any atom is -0.313 e. The molecule has 3 nitrogen and oxygen atoms in total. The molecule has 0 radical (unpaired) electrons. The molecule has 0 N–H and O–H groups in total. The SMILES string of the molecule is O=C(Cl)N1CCCCC1N1CCCCC1. The second kappa shape index (κ2) is 5.17. The highest BCUT2D eigenvalue weighted by atomic mass is 35.5. The summed E-state index contributed by atoms with van der Waals surface area (Å²) < 4.78 is 0. The largest absolute Gasteiger partial charge is 0.317 e. The van der Waals surface area contributed by atoms with Gasteiger partial charge in [-0.05, 0) is 43.7 Å². The van der Waals surface area contributed by atoms with Crippen LogP contribution < -0.4 is 0 Å². The van der Waals surface area contributed by atoms with Crippen LogP contribution in [0, 0.1) is 0 Å². The third-order valence-electron chi connectivity index (χ3n) is 3.51. The van der Waals surface area contributed by atoms with E-state index in [1.165, 1.54) is 25.7 Å². The number of likely N-dealkylation sites (tertiary alicyclic amines) is 2. The van der Waals surface area contributed by atoms with E-state index >= 15 is 0 Å². The van der Waals surface area contributed by atoms with E-state index in [1.54, 1.807) is 0 Å². The van der Waals surface area contributed by atoms with E-state index in [0.717, 1.165) is 32.5 Å². The monoisotopic (exact) mass is 230 g/mol. The average molecular weight is 231 g/mol. The molecule has 1 atom stereocenters. The fraction of sp³-hybridized carbons (Fsp3) is 0.909. The van der Waals surface area contributed by atoms with E-state index in [4.69, 9.17) is 11.6 Å². The maximum Gasteiger partial charge on any atom is 0.317 e. The summed E-state index contributed by atoms with van der Waals surface area (Å²) in [6.07, 6.45) is 7.56. The van der Waals surface area contributed by atoms with Crippen LogP contribution >= 0.6 is 11.6 Å². The van der Waals surface area contributed by atoms with Crippen LogP contribution in [0.4, 0.5) is 4.79 Å². The van der Waals surface area contributed by atoms with Gasteiger partial charge in [-0.2, -0.15) is 0 Å². The van der Waals surface area contributed by atoms with Gasteiger partial charge in [0.15, 0.2) is 0 Å². The van der Waals surface area contributed by atoms with Gasteiger partial charge in [0.05, 0.1) is 6.17 Å². The van der Waals surface area contributed by atoms with Crippen LogP contribution in [0.15, 0.2) is 0 Å². The Morgan fingerprint density at radius 3 is 2.33 bits per heavy atom. The van der Waals surface area contributed by atoms with Gasteiger partial charge >= 0.3 is 5.37 Å². The molecule has 0 aromatic carbocycles. The van der Waals surface area contributed by atoms with Gasteiger partial charge in [-0.25, -0.2) is 0 Å². The van der Waals surface area contributed by atoms with Crippen molar-refractivity contribution in [3.8, 4) is 0 Å². The van der Waals surface area contributed by atoms with E-state index in [-0.39, 0.29) is 11.5 Å². The fourth-order valence-corrected chi connectivity index (χ4v) is 2.91. The van der Waals surface area contributed by atoms with Gasteiger partial charge in [-0.15, -0.1) is 0 Å². The van der Waals surface area contributed by atoms with Crippen LogP contribution in [-0.2, 0) is 0 Å². The predicted molar refractivity (Wildman–Crippen MR) is 61.0 cm³/mol.